The first kappa shape index (κ1) is 15.7. The van der Waals surface area contributed by atoms with E-state index in [-0.39, 0.29) is 18.0 Å². The first-order chi connectivity index (χ1) is 9.19. The first-order valence-corrected chi connectivity index (χ1v) is 7.21. The third kappa shape index (κ3) is 5.43. The van der Waals surface area contributed by atoms with Crippen LogP contribution in [-0.4, -0.2) is 19.0 Å². The number of carbonyl (C=O) groups excluding carboxylic acids is 1. The summed E-state index contributed by atoms with van der Waals surface area (Å²) in [5.74, 6) is 0.0384. The summed E-state index contributed by atoms with van der Waals surface area (Å²) in [7, 11) is 1.68. The van der Waals surface area contributed by atoms with E-state index in [4.69, 9.17) is 0 Å². The maximum atomic E-state index is 11.6. The van der Waals surface area contributed by atoms with Gasteiger partial charge in [-0.1, -0.05) is 56.5 Å². The van der Waals surface area contributed by atoms with Crippen molar-refractivity contribution < 1.29 is 4.79 Å². The molecule has 3 heteroatoms. The summed E-state index contributed by atoms with van der Waals surface area (Å²) in [4.78, 5) is 11.6. The highest BCUT2D eigenvalue weighted by Gasteiger charge is 2.17. The van der Waals surface area contributed by atoms with Crippen LogP contribution in [0.25, 0.3) is 0 Å². The zero-order valence-electron chi connectivity index (χ0n) is 12.3. The second-order valence-electron chi connectivity index (χ2n) is 4.96. The van der Waals surface area contributed by atoms with Crippen molar-refractivity contribution in [3.8, 4) is 0 Å². The van der Waals surface area contributed by atoms with Crippen molar-refractivity contribution in [2.45, 2.75) is 51.6 Å². The number of rotatable bonds is 8. The fourth-order valence-corrected chi connectivity index (χ4v) is 2.22. The monoisotopic (exact) mass is 262 g/mol. The molecule has 2 N–H and O–H groups in total. The predicted molar refractivity (Wildman–Crippen MR) is 80.0 cm³/mol. The summed E-state index contributed by atoms with van der Waals surface area (Å²) in [6, 6.07) is 10.5. The van der Waals surface area contributed by atoms with Crippen molar-refractivity contribution in [1.29, 1.82) is 0 Å². The van der Waals surface area contributed by atoms with Gasteiger partial charge in [-0.05, 0) is 18.9 Å². The van der Waals surface area contributed by atoms with Crippen LogP contribution >= 0.6 is 0 Å². The molecule has 1 amide bonds. The Bertz CT molecular complexity index is 364. The Labute approximate surface area is 116 Å². The van der Waals surface area contributed by atoms with Crippen molar-refractivity contribution >= 4 is 5.91 Å². The third-order valence-electron chi connectivity index (χ3n) is 3.39. The van der Waals surface area contributed by atoms with E-state index < -0.39 is 0 Å². The average molecular weight is 262 g/mol. The van der Waals surface area contributed by atoms with Crippen LogP contribution < -0.4 is 10.6 Å². The third-order valence-corrected chi connectivity index (χ3v) is 3.39. The van der Waals surface area contributed by atoms with Gasteiger partial charge in [0.2, 0.25) is 5.91 Å². The van der Waals surface area contributed by atoms with Gasteiger partial charge in [0.05, 0.1) is 6.04 Å². The van der Waals surface area contributed by atoms with Crippen molar-refractivity contribution in [3.63, 3.8) is 0 Å². The summed E-state index contributed by atoms with van der Waals surface area (Å²) < 4.78 is 0. The highest BCUT2D eigenvalue weighted by molar-refractivity contribution is 5.80. The molecule has 0 aliphatic heterocycles. The molecule has 0 saturated carbocycles. The van der Waals surface area contributed by atoms with Crippen molar-refractivity contribution in [2.24, 2.45) is 0 Å². The summed E-state index contributed by atoms with van der Waals surface area (Å²) >= 11 is 0. The van der Waals surface area contributed by atoms with E-state index in [2.05, 4.69) is 29.7 Å². The van der Waals surface area contributed by atoms with Crippen LogP contribution in [0.1, 0.15) is 51.1 Å². The summed E-state index contributed by atoms with van der Waals surface area (Å²) in [6.45, 7) is 4.12. The predicted octanol–water partition coefficient (Wildman–Crippen LogP) is 3.03. The number of nitrogens with one attached hydrogen (secondary N) is 2. The molecule has 0 heterocycles. The molecule has 19 heavy (non-hydrogen) atoms. The Hall–Kier alpha value is -1.35. The van der Waals surface area contributed by atoms with Gasteiger partial charge in [-0.3, -0.25) is 10.1 Å². The highest BCUT2D eigenvalue weighted by atomic mass is 16.2. The maximum Gasteiger partial charge on any atom is 0.236 e. The number of carbonyl (C=O) groups is 1. The molecule has 0 aliphatic rings. The lowest BCUT2D eigenvalue weighted by Gasteiger charge is -2.23. The largest absolute Gasteiger partial charge is 0.358 e. The van der Waals surface area contributed by atoms with Gasteiger partial charge in [0.1, 0.15) is 0 Å². The van der Waals surface area contributed by atoms with Gasteiger partial charge >= 0.3 is 0 Å². The first-order valence-electron chi connectivity index (χ1n) is 7.21. The molecule has 0 spiro atoms. The lowest BCUT2D eigenvalue weighted by Crippen LogP contribution is -2.42. The molecule has 0 aliphatic carbocycles. The normalized spacial score (nSPS) is 13.8. The van der Waals surface area contributed by atoms with Gasteiger partial charge in [-0.25, -0.2) is 0 Å². The molecule has 0 fully saturated rings. The summed E-state index contributed by atoms with van der Waals surface area (Å²) in [5, 5.41) is 6.12. The minimum atomic E-state index is -0.170. The average Bonchev–Trinajstić information content (AvgIpc) is 2.46. The minimum Gasteiger partial charge on any atom is -0.358 e. The summed E-state index contributed by atoms with van der Waals surface area (Å²) in [6.07, 6.45) is 4.70. The lowest BCUT2D eigenvalue weighted by atomic mass is 9.99. The molecule has 2 unspecified atom stereocenters. The fourth-order valence-electron chi connectivity index (χ4n) is 2.22. The van der Waals surface area contributed by atoms with Gasteiger partial charge in [-0.15, -0.1) is 0 Å². The maximum absolute atomic E-state index is 11.6. The van der Waals surface area contributed by atoms with E-state index in [1.807, 2.05) is 25.1 Å². The number of benzene rings is 1. The second-order valence-corrected chi connectivity index (χ2v) is 4.96. The van der Waals surface area contributed by atoms with Gasteiger partial charge in [0.15, 0.2) is 0 Å². The molecule has 1 aromatic carbocycles. The van der Waals surface area contributed by atoms with Crippen LogP contribution in [0.4, 0.5) is 0 Å². The van der Waals surface area contributed by atoms with E-state index in [9.17, 15) is 4.79 Å². The zero-order valence-corrected chi connectivity index (χ0v) is 12.3. The molecule has 106 valence electrons. The zero-order chi connectivity index (χ0) is 14.1. The lowest BCUT2D eigenvalue weighted by molar-refractivity contribution is -0.122. The SMILES string of the molecule is CCCCCC(NC(C)C(=O)NC)c1ccccc1. The minimum absolute atomic E-state index is 0.0384. The Morgan fingerprint density at radius 2 is 1.89 bits per heavy atom. The molecule has 2 atom stereocenters. The van der Waals surface area contributed by atoms with Crippen molar-refractivity contribution in [2.75, 3.05) is 7.05 Å². The summed E-state index contributed by atoms with van der Waals surface area (Å²) in [5.41, 5.74) is 1.26. The number of likely N-dealkylation sites (N-methyl/N-ethyl adjacent to an activating group) is 1. The van der Waals surface area contributed by atoms with Crippen LogP contribution in [0.15, 0.2) is 30.3 Å². The Balaban J connectivity index is 2.67. The second kappa shape index (κ2) is 8.70. The molecule has 0 aromatic heterocycles. The van der Waals surface area contributed by atoms with Crippen molar-refractivity contribution in [3.05, 3.63) is 35.9 Å². The van der Waals surface area contributed by atoms with E-state index >= 15 is 0 Å². The van der Waals surface area contributed by atoms with Gasteiger partial charge < -0.3 is 5.32 Å². The molecule has 3 nitrogen and oxygen atoms in total. The fraction of sp³-hybridized carbons (Fsp3) is 0.562. The van der Waals surface area contributed by atoms with Gasteiger partial charge in [0.25, 0.3) is 0 Å². The van der Waals surface area contributed by atoms with E-state index in [0.29, 0.717) is 0 Å². The molecule has 1 aromatic rings. The number of hydrogen-bond donors (Lipinski definition) is 2. The van der Waals surface area contributed by atoms with Gasteiger partial charge in [-0.2, -0.15) is 0 Å². The molecular formula is C16H26N2O. The van der Waals surface area contributed by atoms with Crippen LogP contribution in [0.3, 0.4) is 0 Å². The quantitative estimate of drug-likeness (QED) is 0.707. The molecule has 1 rings (SSSR count). The number of amides is 1. The Kier molecular flexibility index (Phi) is 7.19. The number of hydrogen-bond acceptors (Lipinski definition) is 2. The van der Waals surface area contributed by atoms with Crippen LogP contribution in [0.5, 0.6) is 0 Å². The topological polar surface area (TPSA) is 41.1 Å². The van der Waals surface area contributed by atoms with E-state index in [1.54, 1.807) is 7.05 Å². The van der Waals surface area contributed by atoms with E-state index in [0.717, 1.165) is 6.42 Å². The Morgan fingerprint density at radius 3 is 2.47 bits per heavy atom. The number of unbranched alkanes of at least 4 members (excludes halogenated alkanes) is 2. The smallest absolute Gasteiger partial charge is 0.236 e. The molecule has 0 saturated heterocycles. The Morgan fingerprint density at radius 1 is 1.21 bits per heavy atom. The standard InChI is InChI=1S/C16H26N2O/c1-4-5-7-12-15(14-10-8-6-9-11-14)18-13(2)16(19)17-3/h6,8-11,13,15,18H,4-5,7,12H2,1-3H3,(H,17,19). The van der Waals surface area contributed by atoms with Crippen LogP contribution in [-0.2, 0) is 4.79 Å². The molecular weight excluding hydrogens is 236 g/mol. The highest BCUT2D eigenvalue weighted by Crippen LogP contribution is 2.20. The van der Waals surface area contributed by atoms with E-state index in [1.165, 1.54) is 24.8 Å². The molecule has 0 radical (unpaired) electrons. The van der Waals surface area contributed by atoms with Gasteiger partial charge in [0, 0.05) is 13.1 Å². The van der Waals surface area contributed by atoms with Crippen molar-refractivity contribution in [1.82, 2.24) is 10.6 Å². The van der Waals surface area contributed by atoms with Crippen LogP contribution in [0.2, 0.25) is 0 Å². The molecule has 0 bridgehead atoms. The van der Waals surface area contributed by atoms with Crippen LogP contribution in [0, 0.1) is 0 Å².